The van der Waals surface area contributed by atoms with Crippen molar-refractivity contribution in [1.82, 2.24) is 0 Å². The van der Waals surface area contributed by atoms with Crippen LogP contribution in [0.25, 0.3) is 0 Å². The highest BCUT2D eigenvalue weighted by molar-refractivity contribution is 4.69. The summed E-state index contributed by atoms with van der Waals surface area (Å²) >= 11 is 0. The van der Waals surface area contributed by atoms with Crippen LogP contribution in [0, 0.1) is 11.8 Å². The summed E-state index contributed by atoms with van der Waals surface area (Å²) in [7, 11) is 0. The molecule has 0 bridgehead atoms. The molecule has 1 rings (SSSR count). The molecule has 1 fully saturated rings. The molecule has 0 saturated heterocycles. The topological polar surface area (TPSA) is 0 Å². The number of rotatable bonds is 2. The van der Waals surface area contributed by atoms with Crippen LogP contribution in [0.15, 0.2) is 0 Å². The van der Waals surface area contributed by atoms with Crippen LogP contribution in [-0.4, -0.2) is 0 Å². The molecule has 1 saturated carbocycles. The van der Waals surface area contributed by atoms with E-state index in [9.17, 15) is 0 Å². The summed E-state index contributed by atoms with van der Waals surface area (Å²) in [4.78, 5) is 0. The molecule has 0 heteroatoms. The Labute approximate surface area is 65.0 Å². The van der Waals surface area contributed by atoms with Gasteiger partial charge in [-0.1, -0.05) is 46.0 Å². The van der Waals surface area contributed by atoms with Gasteiger partial charge in [-0.05, 0) is 18.3 Å². The first kappa shape index (κ1) is 8.10. The first-order valence-electron chi connectivity index (χ1n) is 4.83. The Morgan fingerprint density at radius 3 is 2.70 bits per heavy atom. The standard InChI is InChI=1S/C10H20/c1-3-5-10-7-4-6-9(2)8-10/h9-10H,3-8H2,1-2H3/t9-,10+/m1/s1. The summed E-state index contributed by atoms with van der Waals surface area (Å²) in [5, 5.41) is 0. The van der Waals surface area contributed by atoms with E-state index in [1.165, 1.54) is 38.5 Å². The summed E-state index contributed by atoms with van der Waals surface area (Å²) < 4.78 is 0. The van der Waals surface area contributed by atoms with Crippen molar-refractivity contribution < 1.29 is 0 Å². The molecule has 0 nitrogen and oxygen atoms in total. The maximum Gasteiger partial charge on any atom is -0.0412 e. The third-order valence-corrected chi connectivity index (χ3v) is 2.74. The number of hydrogen-bond donors (Lipinski definition) is 0. The van der Waals surface area contributed by atoms with Gasteiger partial charge in [0, 0.05) is 0 Å². The third-order valence-electron chi connectivity index (χ3n) is 2.74. The van der Waals surface area contributed by atoms with E-state index in [4.69, 9.17) is 0 Å². The van der Waals surface area contributed by atoms with Gasteiger partial charge in [-0.2, -0.15) is 0 Å². The smallest absolute Gasteiger partial charge is 0.0412 e. The van der Waals surface area contributed by atoms with Crippen molar-refractivity contribution in [3.63, 3.8) is 0 Å². The van der Waals surface area contributed by atoms with Crippen molar-refractivity contribution in [2.45, 2.75) is 52.4 Å². The Morgan fingerprint density at radius 1 is 1.30 bits per heavy atom. The minimum absolute atomic E-state index is 1.02. The molecule has 2 atom stereocenters. The van der Waals surface area contributed by atoms with Gasteiger partial charge in [0.15, 0.2) is 0 Å². The summed E-state index contributed by atoms with van der Waals surface area (Å²) in [6, 6.07) is 0. The van der Waals surface area contributed by atoms with Gasteiger partial charge in [0.25, 0.3) is 0 Å². The summed E-state index contributed by atoms with van der Waals surface area (Å²) in [5.74, 6) is 2.10. The molecular formula is C10H20. The lowest BCUT2D eigenvalue weighted by Crippen LogP contribution is -2.12. The maximum absolute atomic E-state index is 2.40. The maximum atomic E-state index is 2.40. The predicted octanol–water partition coefficient (Wildman–Crippen LogP) is 3.61. The lowest BCUT2D eigenvalue weighted by atomic mass is 9.80. The van der Waals surface area contributed by atoms with Gasteiger partial charge < -0.3 is 0 Å². The number of hydrogen-bond acceptors (Lipinski definition) is 0. The molecule has 60 valence electrons. The molecule has 0 aromatic rings. The molecule has 0 spiro atoms. The zero-order valence-corrected chi connectivity index (χ0v) is 7.40. The Kier molecular flexibility index (Phi) is 3.24. The van der Waals surface area contributed by atoms with E-state index in [1.807, 2.05) is 0 Å². The van der Waals surface area contributed by atoms with Crippen LogP contribution in [0.1, 0.15) is 52.4 Å². The van der Waals surface area contributed by atoms with Crippen molar-refractivity contribution in [2.75, 3.05) is 0 Å². The molecule has 0 unspecified atom stereocenters. The van der Waals surface area contributed by atoms with Crippen molar-refractivity contribution in [1.29, 1.82) is 0 Å². The fourth-order valence-electron chi connectivity index (χ4n) is 2.23. The highest BCUT2D eigenvalue weighted by Gasteiger charge is 2.17. The first-order valence-corrected chi connectivity index (χ1v) is 4.83. The highest BCUT2D eigenvalue weighted by atomic mass is 14.2. The second-order valence-electron chi connectivity index (χ2n) is 3.93. The summed E-state index contributed by atoms with van der Waals surface area (Å²) in [5.41, 5.74) is 0. The van der Waals surface area contributed by atoms with E-state index < -0.39 is 0 Å². The van der Waals surface area contributed by atoms with Gasteiger partial charge in [0.05, 0.1) is 0 Å². The summed E-state index contributed by atoms with van der Waals surface area (Å²) in [6.07, 6.45) is 8.86. The van der Waals surface area contributed by atoms with Crippen molar-refractivity contribution in [3.05, 3.63) is 0 Å². The monoisotopic (exact) mass is 140 g/mol. The Bertz CT molecular complexity index is 84.0. The van der Waals surface area contributed by atoms with E-state index in [-0.39, 0.29) is 0 Å². The Morgan fingerprint density at radius 2 is 2.10 bits per heavy atom. The van der Waals surface area contributed by atoms with Crippen LogP contribution in [0.5, 0.6) is 0 Å². The van der Waals surface area contributed by atoms with Crippen molar-refractivity contribution >= 4 is 0 Å². The van der Waals surface area contributed by atoms with Crippen molar-refractivity contribution in [2.24, 2.45) is 11.8 Å². The Balaban J connectivity index is 2.18. The van der Waals surface area contributed by atoms with E-state index in [0.29, 0.717) is 0 Å². The van der Waals surface area contributed by atoms with E-state index in [1.54, 1.807) is 0 Å². The largest absolute Gasteiger partial charge is 0.0654 e. The molecule has 1 aliphatic rings. The van der Waals surface area contributed by atoms with E-state index in [0.717, 1.165) is 11.8 Å². The van der Waals surface area contributed by atoms with Gasteiger partial charge in [-0.3, -0.25) is 0 Å². The molecule has 0 radical (unpaired) electrons. The molecule has 0 heterocycles. The second-order valence-corrected chi connectivity index (χ2v) is 3.93. The minimum Gasteiger partial charge on any atom is -0.0654 e. The van der Waals surface area contributed by atoms with Crippen LogP contribution < -0.4 is 0 Å². The Hall–Kier alpha value is 0. The molecule has 0 aliphatic heterocycles. The van der Waals surface area contributed by atoms with Gasteiger partial charge in [-0.15, -0.1) is 0 Å². The lowest BCUT2D eigenvalue weighted by Gasteiger charge is -2.26. The van der Waals surface area contributed by atoms with Crippen LogP contribution in [0.4, 0.5) is 0 Å². The fourth-order valence-corrected chi connectivity index (χ4v) is 2.23. The molecule has 10 heavy (non-hydrogen) atoms. The molecule has 1 aliphatic carbocycles. The van der Waals surface area contributed by atoms with E-state index >= 15 is 0 Å². The average molecular weight is 140 g/mol. The van der Waals surface area contributed by atoms with Crippen LogP contribution in [0.2, 0.25) is 0 Å². The first-order chi connectivity index (χ1) is 4.83. The van der Waals surface area contributed by atoms with Gasteiger partial charge in [-0.25, -0.2) is 0 Å². The van der Waals surface area contributed by atoms with Gasteiger partial charge in [0.2, 0.25) is 0 Å². The fraction of sp³-hybridized carbons (Fsp3) is 1.00. The van der Waals surface area contributed by atoms with Gasteiger partial charge >= 0.3 is 0 Å². The molecule has 0 amide bonds. The molecule has 0 N–H and O–H groups in total. The third kappa shape index (κ3) is 2.32. The normalized spacial score (nSPS) is 34.2. The quantitative estimate of drug-likeness (QED) is 0.549. The van der Waals surface area contributed by atoms with Crippen LogP contribution in [-0.2, 0) is 0 Å². The lowest BCUT2D eigenvalue weighted by molar-refractivity contribution is 0.268. The second kappa shape index (κ2) is 4.00. The van der Waals surface area contributed by atoms with Crippen LogP contribution >= 0.6 is 0 Å². The zero-order chi connectivity index (χ0) is 7.40. The molecular weight excluding hydrogens is 120 g/mol. The highest BCUT2D eigenvalue weighted by Crippen LogP contribution is 2.31. The zero-order valence-electron chi connectivity index (χ0n) is 7.40. The molecule has 0 aromatic heterocycles. The average Bonchev–Trinajstić information content (AvgIpc) is 1.88. The van der Waals surface area contributed by atoms with Gasteiger partial charge in [0.1, 0.15) is 0 Å². The minimum atomic E-state index is 1.02. The van der Waals surface area contributed by atoms with Crippen LogP contribution in [0.3, 0.4) is 0 Å². The predicted molar refractivity (Wildman–Crippen MR) is 46.0 cm³/mol. The van der Waals surface area contributed by atoms with Crippen molar-refractivity contribution in [3.8, 4) is 0 Å². The SMILES string of the molecule is CCC[C@H]1CCC[C@@H](C)C1. The molecule has 0 aromatic carbocycles. The van der Waals surface area contributed by atoms with E-state index in [2.05, 4.69) is 13.8 Å². The summed E-state index contributed by atoms with van der Waals surface area (Å²) in [6.45, 7) is 4.71.